The molecular formula is C94H199F2N13O3. The third kappa shape index (κ3) is 61.5. The normalized spacial score (nSPS) is 22.8. The minimum absolute atomic E-state index is 0.387. The van der Waals surface area contributed by atoms with Crippen molar-refractivity contribution in [1.29, 1.82) is 0 Å². The fourth-order valence-electron chi connectivity index (χ4n) is 16.5. The number of likely N-dealkylation sites (N-methyl/N-ethyl adjacent to an activating group) is 1. The van der Waals surface area contributed by atoms with Crippen LogP contribution < -0.4 is 5.32 Å². The first-order valence-corrected chi connectivity index (χ1v) is 47.3. The highest BCUT2D eigenvalue weighted by molar-refractivity contribution is 4.83. The molecule has 11 heterocycles. The van der Waals surface area contributed by atoms with Crippen LogP contribution in [-0.2, 0) is 14.2 Å². The number of rotatable bonds is 21. The second-order valence-electron chi connectivity index (χ2n) is 40.1. The van der Waals surface area contributed by atoms with Crippen LogP contribution in [-0.4, -0.2) is 357 Å². The first kappa shape index (κ1) is 109. The Bertz CT molecular complexity index is 1940. The number of nitrogens with one attached hydrogen (secondary N) is 1. The van der Waals surface area contributed by atoms with E-state index in [9.17, 15) is 8.78 Å². The molecule has 11 saturated heterocycles. The summed E-state index contributed by atoms with van der Waals surface area (Å²) in [6, 6.07) is 2.92. The van der Waals surface area contributed by atoms with E-state index < -0.39 is 11.8 Å². The van der Waals surface area contributed by atoms with Crippen molar-refractivity contribution < 1.29 is 23.0 Å². The molecule has 11 aliphatic rings. The Labute approximate surface area is 698 Å². The predicted molar refractivity (Wildman–Crippen MR) is 486 cm³/mol. The minimum Gasteiger partial charge on any atom is -0.379 e. The van der Waals surface area contributed by atoms with E-state index in [1.165, 1.54) is 214 Å². The molecule has 0 amide bonds. The van der Waals surface area contributed by atoms with Crippen LogP contribution in [0.15, 0.2) is 0 Å². The summed E-state index contributed by atoms with van der Waals surface area (Å²) in [7, 11) is 8.78. The van der Waals surface area contributed by atoms with Gasteiger partial charge in [-0.3, -0.25) is 9.80 Å². The zero-order valence-electron chi connectivity index (χ0n) is 80.2. The lowest BCUT2D eigenvalue weighted by molar-refractivity contribution is -0.0232. The number of piperazine rings is 1. The van der Waals surface area contributed by atoms with Crippen molar-refractivity contribution in [3.63, 3.8) is 0 Å². The minimum atomic E-state index is -0.895. The largest absolute Gasteiger partial charge is 0.379 e. The molecule has 112 heavy (non-hydrogen) atoms. The second kappa shape index (κ2) is 65.0. The van der Waals surface area contributed by atoms with Gasteiger partial charge in [0.2, 0.25) is 0 Å². The van der Waals surface area contributed by atoms with Crippen LogP contribution in [0.2, 0.25) is 0 Å². The fraction of sp³-hybridized carbons (Fsp3) is 1.00. The molecule has 11 aliphatic heterocycles. The molecule has 0 atom stereocenters. The van der Waals surface area contributed by atoms with Crippen molar-refractivity contribution in [1.82, 2.24) is 64.1 Å². The Balaban J connectivity index is 0.000000617. The SMILES string of the molecule is CC(C)C1CCN(C)CC1.CC(C)CN1CC(C)C1.CC(C)CN1CCC(C)(F)CC1.CC(C)CN1CCC(F)CC1.CC(C)CN1CCCC1.CC(C)CN1CCOCC1.CC(C)N1CCCC1.CC(C)N1CCN(C)CC1.CC(C)NC1CCN(C)CC1.CC(C)OC1CCN(C)CC1.CC(C)OCCN1CCCC1. The maximum absolute atomic E-state index is 13.4. The number of hydrogen-bond donors (Lipinski definition) is 1. The molecule has 11 fully saturated rings. The summed E-state index contributed by atoms with van der Waals surface area (Å²) in [5.74, 6) is 6.76. The zero-order chi connectivity index (χ0) is 84.1. The second-order valence-corrected chi connectivity index (χ2v) is 40.1. The lowest BCUT2D eigenvalue weighted by Gasteiger charge is -2.38. The molecule has 18 heteroatoms. The van der Waals surface area contributed by atoms with Crippen LogP contribution in [0.25, 0.3) is 0 Å². The first-order chi connectivity index (χ1) is 52.8. The number of nitrogens with zero attached hydrogens (tertiary/aromatic N) is 12. The van der Waals surface area contributed by atoms with Crippen molar-refractivity contribution in [3.8, 4) is 0 Å². The molecule has 0 aromatic carbocycles. The van der Waals surface area contributed by atoms with Gasteiger partial charge in [-0.15, -0.1) is 0 Å². The van der Waals surface area contributed by atoms with Gasteiger partial charge in [-0.2, -0.15) is 0 Å². The monoisotopic (exact) mass is 1600 g/mol. The summed E-state index contributed by atoms with van der Waals surface area (Å²) in [6.07, 6.45) is 20.0. The van der Waals surface area contributed by atoms with Gasteiger partial charge in [-0.25, -0.2) is 8.78 Å². The zero-order valence-corrected chi connectivity index (χ0v) is 80.2. The number of morpholine rings is 1. The molecule has 0 radical (unpaired) electrons. The van der Waals surface area contributed by atoms with E-state index >= 15 is 0 Å². The Kier molecular flexibility index (Phi) is 63.4. The molecule has 0 unspecified atom stereocenters. The van der Waals surface area contributed by atoms with Crippen LogP contribution in [0.4, 0.5) is 8.78 Å². The van der Waals surface area contributed by atoms with Crippen LogP contribution in [0.1, 0.15) is 269 Å². The Hall–Kier alpha value is -0.780. The highest BCUT2D eigenvalue weighted by Gasteiger charge is 2.30. The van der Waals surface area contributed by atoms with E-state index in [4.69, 9.17) is 14.2 Å². The van der Waals surface area contributed by atoms with Gasteiger partial charge in [0.15, 0.2) is 0 Å². The number of hydrogen-bond acceptors (Lipinski definition) is 16. The third-order valence-corrected chi connectivity index (χ3v) is 23.3. The number of halogens is 2. The van der Waals surface area contributed by atoms with Crippen molar-refractivity contribution in [3.05, 3.63) is 0 Å². The van der Waals surface area contributed by atoms with Crippen molar-refractivity contribution in [2.75, 3.05) is 244 Å². The molecule has 11 rings (SSSR count). The van der Waals surface area contributed by atoms with Gasteiger partial charge in [0, 0.05) is 155 Å². The molecule has 1 N–H and O–H groups in total. The highest BCUT2D eigenvalue weighted by Crippen LogP contribution is 2.27. The van der Waals surface area contributed by atoms with E-state index in [1.807, 2.05) is 0 Å². The van der Waals surface area contributed by atoms with E-state index in [2.05, 4.69) is 252 Å². The molecule has 0 bridgehead atoms. The lowest BCUT2D eigenvalue weighted by Crippen LogP contribution is -2.47. The number of ether oxygens (including phenoxy) is 3. The van der Waals surface area contributed by atoms with E-state index in [0.717, 1.165) is 145 Å². The molecule has 16 nitrogen and oxygen atoms in total. The van der Waals surface area contributed by atoms with Crippen LogP contribution in [0, 0.1) is 47.3 Å². The predicted octanol–water partition coefficient (Wildman–Crippen LogP) is 17.1. The van der Waals surface area contributed by atoms with Crippen molar-refractivity contribution >= 4 is 0 Å². The van der Waals surface area contributed by atoms with E-state index in [-0.39, 0.29) is 0 Å². The maximum Gasteiger partial charge on any atom is 0.110 e. The average molecular weight is 1600 g/mol. The van der Waals surface area contributed by atoms with Gasteiger partial charge in [-0.05, 0) is 306 Å². The topological polar surface area (TPSA) is 78.6 Å². The Morgan fingerprint density at radius 2 is 0.750 bits per heavy atom. The third-order valence-electron chi connectivity index (χ3n) is 23.3. The van der Waals surface area contributed by atoms with Gasteiger partial charge in [-0.1, -0.05) is 104 Å². The smallest absolute Gasteiger partial charge is 0.110 e. The molecule has 672 valence electrons. The summed E-state index contributed by atoms with van der Waals surface area (Å²) in [4.78, 5) is 29.4. The quantitative estimate of drug-likeness (QED) is 0.118. The van der Waals surface area contributed by atoms with Crippen molar-refractivity contribution in [2.45, 2.75) is 323 Å². The lowest BCUT2D eigenvalue weighted by atomic mass is 9.87. The van der Waals surface area contributed by atoms with Gasteiger partial charge in [0.1, 0.15) is 11.8 Å². The first-order valence-electron chi connectivity index (χ1n) is 47.3. The van der Waals surface area contributed by atoms with Gasteiger partial charge >= 0.3 is 0 Å². The van der Waals surface area contributed by atoms with Crippen LogP contribution in [0.3, 0.4) is 0 Å². The van der Waals surface area contributed by atoms with Gasteiger partial charge < -0.3 is 68.5 Å². The highest BCUT2D eigenvalue weighted by atomic mass is 19.1. The Morgan fingerprint density at radius 3 is 1.12 bits per heavy atom. The van der Waals surface area contributed by atoms with Gasteiger partial charge in [0.05, 0.1) is 38.1 Å². The molecule has 0 aromatic rings. The number of piperidine rings is 5. The molecule has 0 saturated carbocycles. The van der Waals surface area contributed by atoms with E-state index in [1.54, 1.807) is 6.92 Å². The molecule has 0 spiro atoms. The van der Waals surface area contributed by atoms with Crippen molar-refractivity contribution in [2.24, 2.45) is 47.3 Å². The van der Waals surface area contributed by atoms with Crippen LogP contribution >= 0.6 is 0 Å². The Morgan fingerprint density at radius 1 is 0.393 bits per heavy atom. The summed E-state index contributed by atoms with van der Waals surface area (Å²) >= 11 is 0. The fourth-order valence-corrected chi connectivity index (χ4v) is 16.5. The molecule has 0 aliphatic carbocycles. The summed E-state index contributed by atoms with van der Waals surface area (Å²) < 4.78 is 42.4. The maximum atomic E-state index is 13.4. The molecule has 0 aromatic heterocycles. The number of likely N-dealkylation sites (tertiary alicyclic amines) is 9. The standard InChI is InChI=1S/C10H20FN.C9H18FN.C9H20N2.2C9H19NO.C9H19N.C8H18N2.C8H17NO.2C8H17N.C7H15N/c1-9(2)8-12-6-4-10(3,11)5-7-12;1-8(2)7-11-5-3-9(10)4-6-11;1-8(2)10-9-4-6-11(3)7-5-9;1-8(2)11-9-4-6-10(3)7-5-9;1-9(2)11-8-7-10-5-3-4-6-10;1-8(2)9-4-6-10(3)7-5-9;1-8(2)10-6-4-9(3)5-7-10;1-8(2)7-9-3-5-10-6-4-9;1-7(2)4-9-5-8(3)6-9;1-8(2)7-9-5-3-4-6-9;1-7(2)8-5-3-4-6-8/h9H,4-8H2,1-3H3;8-9H,3-7H2,1-2H3;8-10H,4-7H2,1-3H3;8-9H,4-7H2,1-3H3;9H,3-8H2,1-2H3;8-9H,4-7H2,1-3H3;8H,4-7H2,1-3H3;8H,3-7H2,1-2H3;7-8H,4-6H2,1-3H3;8H,3-7H2,1-2H3;7H,3-6H2,1-2H3. The van der Waals surface area contributed by atoms with E-state index in [0.29, 0.717) is 49.0 Å². The summed E-state index contributed by atoms with van der Waals surface area (Å²) in [5.41, 5.74) is -0.895. The summed E-state index contributed by atoms with van der Waals surface area (Å²) in [5, 5.41) is 3.58. The van der Waals surface area contributed by atoms with Crippen LogP contribution in [0.5, 0.6) is 0 Å². The molecular weight excluding hydrogens is 1400 g/mol. The summed E-state index contributed by atoms with van der Waals surface area (Å²) in [6.45, 7) is 92.2. The number of alkyl halides is 2. The van der Waals surface area contributed by atoms with Gasteiger partial charge in [0.25, 0.3) is 0 Å². The average Bonchev–Trinajstić information content (AvgIpc) is 1.35.